The highest BCUT2D eigenvalue weighted by Crippen LogP contribution is 2.32. The molecule has 1 aromatic carbocycles. The minimum Gasteiger partial charge on any atom is -0.497 e. The molecule has 1 aliphatic heterocycles. The molecule has 0 spiro atoms. The minimum absolute atomic E-state index is 0.176. The Bertz CT molecular complexity index is 1180. The van der Waals surface area contributed by atoms with E-state index in [1.54, 1.807) is 40.0 Å². The molecule has 3 amide bonds. The minimum atomic E-state index is -0.990. The number of nitrogens with one attached hydrogen (secondary N) is 3. The van der Waals surface area contributed by atoms with Crippen LogP contribution in [0.2, 0.25) is 0 Å². The fourth-order valence-corrected chi connectivity index (χ4v) is 5.69. The van der Waals surface area contributed by atoms with Crippen molar-refractivity contribution in [1.82, 2.24) is 16.0 Å². The number of hydrogen-bond acceptors (Lipinski definition) is 7. The molecular formula is C32H45N3O7. The van der Waals surface area contributed by atoms with Gasteiger partial charge >= 0.3 is 0 Å². The number of amides is 3. The first-order valence-corrected chi connectivity index (χ1v) is 15.0. The Kier molecular flexibility index (Phi) is 10.1. The van der Waals surface area contributed by atoms with Gasteiger partial charge in [0.15, 0.2) is 5.78 Å². The summed E-state index contributed by atoms with van der Waals surface area (Å²) in [5.41, 5.74) is 0.255. The molecule has 230 valence electrons. The summed E-state index contributed by atoms with van der Waals surface area (Å²) >= 11 is 0. The predicted molar refractivity (Wildman–Crippen MR) is 157 cm³/mol. The standard InChI is InChI=1S/C32H45N3O7/c1-20(33-29(38)23-13-15-31(2,40)16-14-23)28(37)35-26(18-22-9-11-24(41-4)12-10-22)30(39)34-25(17-21-7-5-6-8-21)27(36)32(3)19-42-32/h7,9-12,20,23,25-26,40H,5-6,8,13-19H2,1-4H3,(H,33,38)(H,34,39)(H,35,37)/t20-,23?,25+,26+,31?,32-/m1/s1. The summed E-state index contributed by atoms with van der Waals surface area (Å²) < 4.78 is 10.6. The van der Waals surface area contributed by atoms with Crippen molar-refractivity contribution in [2.75, 3.05) is 13.7 Å². The summed E-state index contributed by atoms with van der Waals surface area (Å²) in [5, 5.41) is 18.7. The second kappa shape index (κ2) is 13.4. The van der Waals surface area contributed by atoms with Gasteiger partial charge in [0.1, 0.15) is 23.4 Å². The van der Waals surface area contributed by atoms with E-state index in [-0.39, 0.29) is 24.0 Å². The number of carbonyl (C=O) groups is 4. The molecule has 42 heavy (non-hydrogen) atoms. The first-order chi connectivity index (χ1) is 19.9. The molecule has 1 saturated heterocycles. The molecule has 10 nitrogen and oxygen atoms in total. The van der Waals surface area contributed by atoms with E-state index in [2.05, 4.69) is 22.0 Å². The first kappa shape index (κ1) is 31.7. The van der Waals surface area contributed by atoms with Gasteiger partial charge in [0.25, 0.3) is 0 Å². The molecular weight excluding hydrogens is 538 g/mol. The van der Waals surface area contributed by atoms with Crippen LogP contribution < -0.4 is 20.7 Å². The van der Waals surface area contributed by atoms with Crippen LogP contribution in [-0.4, -0.2) is 71.7 Å². The normalized spacial score (nSPS) is 27.2. The molecule has 0 unspecified atom stereocenters. The van der Waals surface area contributed by atoms with Gasteiger partial charge in [0.05, 0.1) is 25.4 Å². The van der Waals surface area contributed by atoms with Gasteiger partial charge in [-0.3, -0.25) is 19.2 Å². The van der Waals surface area contributed by atoms with Crippen LogP contribution in [0.1, 0.15) is 77.7 Å². The van der Waals surface area contributed by atoms with Crippen molar-refractivity contribution < 1.29 is 33.8 Å². The number of hydrogen-bond donors (Lipinski definition) is 4. The van der Waals surface area contributed by atoms with Crippen molar-refractivity contribution >= 4 is 23.5 Å². The predicted octanol–water partition coefficient (Wildman–Crippen LogP) is 2.51. The van der Waals surface area contributed by atoms with E-state index >= 15 is 0 Å². The topological polar surface area (TPSA) is 146 Å². The molecule has 4 rings (SSSR count). The lowest BCUT2D eigenvalue weighted by Gasteiger charge is -2.32. The van der Waals surface area contributed by atoms with Gasteiger partial charge in [-0.25, -0.2) is 0 Å². The number of methoxy groups -OCH3 is 1. The number of ketones is 1. The quantitative estimate of drug-likeness (QED) is 0.206. The number of Topliss-reactive ketones (excluding diaryl/α,β-unsaturated/α-hetero) is 1. The van der Waals surface area contributed by atoms with Gasteiger partial charge < -0.3 is 30.5 Å². The number of aliphatic hydroxyl groups is 1. The molecule has 1 aromatic rings. The Morgan fingerprint density at radius 2 is 1.64 bits per heavy atom. The maximum Gasteiger partial charge on any atom is 0.243 e. The average Bonchev–Trinajstić information content (AvgIpc) is 3.50. The van der Waals surface area contributed by atoms with E-state index < -0.39 is 41.1 Å². The van der Waals surface area contributed by atoms with E-state index in [1.165, 1.54) is 0 Å². The lowest BCUT2D eigenvalue weighted by Crippen LogP contribution is -2.57. The number of rotatable bonds is 13. The maximum absolute atomic E-state index is 13.7. The number of allylic oxidation sites excluding steroid dienone is 1. The molecule has 3 aliphatic rings. The number of benzene rings is 1. The number of ether oxygens (including phenoxy) is 2. The lowest BCUT2D eigenvalue weighted by molar-refractivity contribution is -0.135. The van der Waals surface area contributed by atoms with Crippen molar-refractivity contribution in [2.24, 2.45) is 5.92 Å². The summed E-state index contributed by atoms with van der Waals surface area (Å²) in [6.45, 7) is 5.40. The molecule has 0 bridgehead atoms. The Balaban J connectivity index is 1.45. The van der Waals surface area contributed by atoms with Crippen LogP contribution in [0.25, 0.3) is 0 Å². The molecule has 1 saturated carbocycles. The monoisotopic (exact) mass is 583 g/mol. The number of carbonyl (C=O) groups excluding carboxylic acids is 4. The number of epoxide rings is 1. The van der Waals surface area contributed by atoms with Crippen LogP contribution in [0, 0.1) is 5.92 Å². The zero-order chi connectivity index (χ0) is 30.5. The molecule has 2 fully saturated rings. The van der Waals surface area contributed by atoms with Crippen LogP contribution in [0.3, 0.4) is 0 Å². The van der Waals surface area contributed by atoms with E-state index in [4.69, 9.17) is 9.47 Å². The Hall–Kier alpha value is -3.24. The van der Waals surface area contributed by atoms with Crippen molar-refractivity contribution in [1.29, 1.82) is 0 Å². The molecule has 0 radical (unpaired) electrons. The summed E-state index contributed by atoms with van der Waals surface area (Å²) in [7, 11) is 1.57. The van der Waals surface area contributed by atoms with Gasteiger partial charge in [-0.1, -0.05) is 23.8 Å². The Morgan fingerprint density at radius 3 is 2.21 bits per heavy atom. The highest BCUT2D eigenvalue weighted by Gasteiger charge is 2.50. The van der Waals surface area contributed by atoms with E-state index in [1.807, 2.05) is 12.1 Å². The Morgan fingerprint density at radius 1 is 1.00 bits per heavy atom. The van der Waals surface area contributed by atoms with Crippen molar-refractivity contribution in [3.8, 4) is 5.75 Å². The zero-order valence-corrected chi connectivity index (χ0v) is 25.2. The molecule has 0 aromatic heterocycles. The van der Waals surface area contributed by atoms with Gasteiger partial charge in [-0.2, -0.15) is 0 Å². The smallest absolute Gasteiger partial charge is 0.243 e. The lowest BCUT2D eigenvalue weighted by atomic mass is 9.79. The molecule has 1 heterocycles. The van der Waals surface area contributed by atoms with Crippen molar-refractivity contribution in [2.45, 2.75) is 108 Å². The van der Waals surface area contributed by atoms with Gasteiger partial charge in [0.2, 0.25) is 17.7 Å². The van der Waals surface area contributed by atoms with Crippen LogP contribution >= 0.6 is 0 Å². The average molecular weight is 584 g/mol. The van der Waals surface area contributed by atoms with E-state index in [0.717, 1.165) is 30.4 Å². The summed E-state index contributed by atoms with van der Waals surface area (Å²) in [6, 6.07) is 4.55. The van der Waals surface area contributed by atoms with Crippen LogP contribution in [-0.2, 0) is 30.3 Å². The van der Waals surface area contributed by atoms with E-state index in [9.17, 15) is 24.3 Å². The fraction of sp³-hybridized carbons (Fsp3) is 0.625. The SMILES string of the molecule is COc1ccc(C[C@H](NC(=O)[C@@H](C)NC(=O)C2CCC(C)(O)CC2)C(=O)N[C@@H](CC2=CCCC2)C(=O)[C@@]2(C)CO2)cc1. The highest BCUT2D eigenvalue weighted by molar-refractivity contribution is 5.98. The van der Waals surface area contributed by atoms with Crippen LogP contribution in [0.5, 0.6) is 5.75 Å². The van der Waals surface area contributed by atoms with E-state index in [0.29, 0.717) is 44.5 Å². The maximum atomic E-state index is 13.7. The van der Waals surface area contributed by atoms with Crippen molar-refractivity contribution in [3.05, 3.63) is 41.5 Å². The molecule has 2 aliphatic carbocycles. The van der Waals surface area contributed by atoms with Crippen LogP contribution in [0.15, 0.2) is 35.9 Å². The van der Waals surface area contributed by atoms with Gasteiger partial charge in [-0.15, -0.1) is 0 Å². The first-order valence-electron chi connectivity index (χ1n) is 15.0. The molecule has 4 N–H and O–H groups in total. The third kappa shape index (κ3) is 8.41. The van der Waals surface area contributed by atoms with Crippen molar-refractivity contribution in [3.63, 3.8) is 0 Å². The zero-order valence-electron chi connectivity index (χ0n) is 25.2. The Labute approximate surface area is 248 Å². The molecule has 4 atom stereocenters. The summed E-state index contributed by atoms with van der Waals surface area (Å²) in [5.74, 6) is -1.01. The highest BCUT2D eigenvalue weighted by atomic mass is 16.6. The second-order valence-electron chi connectivity index (χ2n) is 12.5. The van der Waals surface area contributed by atoms with Gasteiger partial charge in [0, 0.05) is 12.3 Å². The summed E-state index contributed by atoms with van der Waals surface area (Å²) in [6.07, 6.45) is 7.72. The molecule has 10 heteroatoms. The van der Waals surface area contributed by atoms with Crippen LogP contribution in [0.4, 0.5) is 0 Å². The third-order valence-electron chi connectivity index (χ3n) is 8.75. The summed E-state index contributed by atoms with van der Waals surface area (Å²) in [4.78, 5) is 53.2. The largest absolute Gasteiger partial charge is 0.497 e. The second-order valence-corrected chi connectivity index (χ2v) is 12.5. The van der Waals surface area contributed by atoms with Gasteiger partial charge in [-0.05, 0) is 89.8 Å². The fourth-order valence-electron chi connectivity index (χ4n) is 5.69. The third-order valence-corrected chi connectivity index (χ3v) is 8.75.